The van der Waals surface area contributed by atoms with Gasteiger partial charge in [0.2, 0.25) is 5.76 Å². The summed E-state index contributed by atoms with van der Waals surface area (Å²) in [6.45, 7) is 0.314. The number of ether oxygens (including phenoxy) is 1. The van der Waals surface area contributed by atoms with Gasteiger partial charge in [0.1, 0.15) is 0 Å². The van der Waals surface area contributed by atoms with Crippen LogP contribution in [0.15, 0.2) is 45.9 Å². The van der Waals surface area contributed by atoms with Crippen molar-refractivity contribution in [1.29, 1.82) is 0 Å². The summed E-state index contributed by atoms with van der Waals surface area (Å²) in [6.07, 6.45) is 2.55. The number of furan rings is 1. The second-order valence-electron chi connectivity index (χ2n) is 4.42. The van der Waals surface area contributed by atoms with Gasteiger partial charge in [-0.1, -0.05) is 6.07 Å². The van der Waals surface area contributed by atoms with Crippen molar-refractivity contribution in [3.63, 3.8) is 0 Å². The molecule has 1 heterocycles. The van der Waals surface area contributed by atoms with Gasteiger partial charge >= 0.3 is 5.97 Å². The molecule has 2 rings (SSSR count). The number of benzene rings is 1. The fourth-order valence-corrected chi connectivity index (χ4v) is 2.45. The summed E-state index contributed by atoms with van der Waals surface area (Å²) in [4.78, 5) is 11.7. The molecule has 0 fully saturated rings. The summed E-state index contributed by atoms with van der Waals surface area (Å²) < 4.78 is 32.7. The average Bonchev–Trinajstić information content (AvgIpc) is 2.92. The number of hydrogen-bond donors (Lipinski definition) is 1. The summed E-state index contributed by atoms with van der Waals surface area (Å²) >= 11 is 0. The molecule has 0 saturated carbocycles. The first-order chi connectivity index (χ1) is 9.91. The molecule has 2 aromatic rings. The minimum absolute atomic E-state index is 0.129. The monoisotopic (exact) mass is 309 g/mol. The van der Waals surface area contributed by atoms with Crippen molar-refractivity contribution in [3.05, 3.63) is 47.9 Å². The van der Waals surface area contributed by atoms with Crippen LogP contribution in [0, 0.1) is 0 Å². The van der Waals surface area contributed by atoms with Gasteiger partial charge in [-0.2, -0.15) is 0 Å². The van der Waals surface area contributed by atoms with Gasteiger partial charge in [-0.05, 0) is 24.3 Å². The molecule has 6 nitrogen and oxygen atoms in total. The molecule has 0 unspecified atom stereocenters. The Labute approximate surface area is 122 Å². The zero-order valence-corrected chi connectivity index (χ0v) is 12.4. The van der Waals surface area contributed by atoms with E-state index in [9.17, 15) is 13.2 Å². The first-order valence-corrected chi connectivity index (χ1v) is 7.99. The molecule has 0 aliphatic heterocycles. The Morgan fingerprint density at radius 1 is 1.33 bits per heavy atom. The highest BCUT2D eigenvalue weighted by atomic mass is 32.2. The van der Waals surface area contributed by atoms with Gasteiger partial charge < -0.3 is 14.5 Å². The van der Waals surface area contributed by atoms with E-state index in [1.54, 1.807) is 18.2 Å². The van der Waals surface area contributed by atoms with Gasteiger partial charge in [-0.15, -0.1) is 0 Å². The minimum Gasteiger partial charge on any atom is -0.463 e. The molecule has 0 aliphatic rings. The van der Waals surface area contributed by atoms with E-state index >= 15 is 0 Å². The number of esters is 1. The molecule has 21 heavy (non-hydrogen) atoms. The third-order valence-electron chi connectivity index (χ3n) is 2.86. The molecule has 0 atom stereocenters. The number of sulfone groups is 1. The molecular weight excluding hydrogens is 294 g/mol. The lowest BCUT2D eigenvalue weighted by Crippen LogP contribution is -2.07. The van der Waals surface area contributed by atoms with E-state index in [1.165, 1.54) is 25.5 Å². The molecule has 1 aromatic carbocycles. The molecule has 1 aromatic heterocycles. The first-order valence-electron chi connectivity index (χ1n) is 6.10. The van der Waals surface area contributed by atoms with Crippen LogP contribution in [0.1, 0.15) is 16.1 Å². The van der Waals surface area contributed by atoms with Crippen molar-refractivity contribution < 1.29 is 22.4 Å². The number of anilines is 1. The summed E-state index contributed by atoms with van der Waals surface area (Å²) in [5.74, 6) is -0.425. The average molecular weight is 309 g/mol. The lowest BCUT2D eigenvalue weighted by molar-refractivity contribution is 0.0563. The van der Waals surface area contributed by atoms with E-state index in [1.807, 2.05) is 0 Å². The highest BCUT2D eigenvalue weighted by molar-refractivity contribution is 7.90. The van der Waals surface area contributed by atoms with Gasteiger partial charge in [0, 0.05) is 24.1 Å². The molecule has 0 bridgehead atoms. The van der Waals surface area contributed by atoms with Gasteiger partial charge in [-0.3, -0.25) is 0 Å². The van der Waals surface area contributed by atoms with Crippen LogP contribution >= 0.6 is 0 Å². The van der Waals surface area contributed by atoms with Gasteiger partial charge in [0.15, 0.2) is 9.84 Å². The molecule has 0 spiro atoms. The number of methoxy groups -OCH3 is 1. The van der Waals surface area contributed by atoms with Crippen LogP contribution < -0.4 is 5.32 Å². The number of hydrogen-bond acceptors (Lipinski definition) is 6. The molecule has 0 aliphatic carbocycles. The summed E-state index contributed by atoms with van der Waals surface area (Å²) in [5, 5.41) is 3.05. The van der Waals surface area contributed by atoms with Crippen LogP contribution in [0.3, 0.4) is 0 Å². The number of carbonyl (C=O) groups is 1. The molecule has 0 saturated heterocycles. The maximum absolute atomic E-state index is 11.5. The highest BCUT2D eigenvalue weighted by Gasteiger charge is 2.15. The SMILES string of the molecule is COC(=O)c1occc1CNc1cccc(S(C)(=O)=O)c1. The standard InChI is InChI=1S/C14H15NO5S/c1-19-14(16)13-10(6-7-20-13)9-15-11-4-3-5-12(8-11)21(2,17)18/h3-8,15H,9H2,1-2H3. The molecule has 0 amide bonds. The first kappa shape index (κ1) is 15.1. The molecule has 7 heteroatoms. The number of nitrogens with one attached hydrogen (secondary N) is 1. The quantitative estimate of drug-likeness (QED) is 0.851. The smallest absolute Gasteiger partial charge is 0.374 e. The summed E-state index contributed by atoms with van der Waals surface area (Å²) in [7, 11) is -1.98. The van der Waals surface area contributed by atoms with Gasteiger partial charge in [0.05, 0.1) is 18.3 Å². The Morgan fingerprint density at radius 3 is 2.76 bits per heavy atom. The van der Waals surface area contributed by atoms with Crippen LogP contribution in [0.4, 0.5) is 5.69 Å². The fraction of sp³-hybridized carbons (Fsp3) is 0.214. The minimum atomic E-state index is -3.26. The van der Waals surface area contributed by atoms with Crippen LogP contribution in [0.5, 0.6) is 0 Å². The molecule has 1 N–H and O–H groups in total. The van der Waals surface area contributed by atoms with Crippen LogP contribution in [-0.2, 0) is 21.1 Å². The highest BCUT2D eigenvalue weighted by Crippen LogP contribution is 2.18. The van der Waals surface area contributed by atoms with Crippen molar-refractivity contribution in [2.45, 2.75) is 11.4 Å². The lowest BCUT2D eigenvalue weighted by Gasteiger charge is -2.07. The summed E-state index contributed by atoms with van der Waals surface area (Å²) in [6, 6.07) is 8.10. The molecule has 112 valence electrons. The fourth-order valence-electron chi connectivity index (χ4n) is 1.78. The van der Waals surface area contributed by atoms with E-state index in [0.29, 0.717) is 17.8 Å². The maximum atomic E-state index is 11.5. The Bertz CT molecular complexity index is 748. The van der Waals surface area contributed by atoms with Crippen LogP contribution in [-0.4, -0.2) is 27.8 Å². The molecule has 0 radical (unpaired) electrons. The van der Waals surface area contributed by atoms with Gasteiger partial charge in [-0.25, -0.2) is 13.2 Å². The van der Waals surface area contributed by atoms with Gasteiger partial charge in [0.25, 0.3) is 0 Å². The molecular formula is C14H15NO5S. The van der Waals surface area contributed by atoms with E-state index in [4.69, 9.17) is 4.42 Å². The Morgan fingerprint density at radius 2 is 2.10 bits per heavy atom. The van der Waals surface area contributed by atoms with Crippen molar-refractivity contribution >= 4 is 21.5 Å². The van der Waals surface area contributed by atoms with Crippen molar-refractivity contribution in [1.82, 2.24) is 0 Å². The Balaban J connectivity index is 2.14. The predicted octanol–water partition coefficient (Wildman–Crippen LogP) is 2.08. The normalized spacial score (nSPS) is 11.1. The van der Waals surface area contributed by atoms with E-state index in [-0.39, 0.29) is 10.7 Å². The zero-order chi connectivity index (χ0) is 15.5. The maximum Gasteiger partial charge on any atom is 0.374 e. The second kappa shape index (κ2) is 6.01. The van der Waals surface area contributed by atoms with Crippen molar-refractivity contribution in [3.8, 4) is 0 Å². The number of rotatable bonds is 5. The number of carbonyl (C=O) groups excluding carboxylic acids is 1. The second-order valence-corrected chi connectivity index (χ2v) is 6.44. The zero-order valence-electron chi connectivity index (χ0n) is 11.6. The Hall–Kier alpha value is -2.28. The van der Waals surface area contributed by atoms with E-state index in [0.717, 1.165) is 6.26 Å². The van der Waals surface area contributed by atoms with Crippen LogP contribution in [0.2, 0.25) is 0 Å². The topological polar surface area (TPSA) is 85.6 Å². The van der Waals surface area contributed by atoms with Crippen molar-refractivity contribution in [2.24, 2.45) is 0 Å². The van der Waals surface area contributed by atoms with Crippen LogP contribution in [0.25, 0.3) is 0 Å². The largest absolute Gasteiger partial charge is 0.463 e. The van der Waals surface area contributed by atoms with E-state index in [2.05, 4.69) is 10.1 Å². The van der Waals surface area contributed by atoms with E-state index < -0.39 is 15.8 Å². The Kier molecular flexibility index (Phi) is 4.32. The van der Waals surface area contributed by atoms with Crippen molar-refractivity contribution in [2.75, 3.05) is 18.7 Å². The summed E-state index contributed by atoms with van der Waals surface area (Å²) in [5.41, 5.74) is 1.27. The lowest BCUT2D eigenvalue weighted by atomic mass is 10.2. The third kappa shape index (κ3) is 3.63. The predicted molar refractivity (Wildman–Crippen MR) is 76.9 cm³/mol. The third-order valence-corrected chi connectivity index (χ3v) is 3.97.